The molecule has 1 N–H and O–H groups in total. The first kappa shape index (κ1) is 17.8. The van der Waals surface area contributed by atoms with E-state index in [1.54, 1.807) is 0 Å². The lowest BCUT2D eigenvalue weighted by atomic mass is 10.2. The zero-order chi connectivity index (χ0) is 18.2. The van der Waals surface area contributed by atoms with Crippen molar-refractivity contribution in [3.8, 4) is 0 Å². The molecule has 0 fully saturated rings. The van der Waals surface area contributed by atoms with E-state index in [-0.39, 0.29) is 11.4 Å². The molecule has 0 unspecified atom stereocenters. The zero-order valence-corrected chi connectivity index (χ0v) is 12.8. The van der Waals surface area contributed by atoms with Gasteiger partial charge in [-0.25, -0.2) is 9.18 Å². The van der Waals surface area contributed by atoms with Crippen LogP contribution in [0, 0.1) is 15.9 Å². The Bertz CT molecular complexity index is 818. The highest BCUT2D eigenvalue weighted by atomic mass is 19.1. The van der Waals surface area contributed by atoms with Gasteiger partial charge in [0.25, 0.3) is 11.6 Å². The van der Waals surface area contributed by atoms with Crippen molar-refractivity contribution in [2.75, 3.05) is 11.9 Å². The molecule has 0 saturated carbocycles. The summed E-state index contributed by atoms with van der Waals surface area (Å²) in [7, 11) is 0. The molecule has 0 spiro atoms. The number of esters is 1. The number of benzene rings is 2. The smallest absolute Gasteiger partial charge is 0.331 e. The molecule has 2 aromatic rings. The fourth-order valence-corrected chi connectivity index (χ4v) is 1.82. The Balaban J connectivity index is 1.81. The summed E-state index contributed by atoms with van der Waals surface area (Å²) in [5.74, 6) is -1.86. The molecule has 8 heteroatoms. The number of hydrogen-bond donors (Lipinski definition) is 1. The number of nitrogens with one attached hydrogen (secondary N) is 1. The average Bonchev–Trinajstić information content (AvgIpc) is 2.58. The Kier molecular flexibility index (Phi) is 5.94. The number of halogens is 1. The van der Waals surface area contributed by atoms with Gasteiger partial charge in [-0.1, -0.05) is 6.07 Å². The second kappa shape index (κ2) is 8.34. The van der Waals surface area contributed by atoms with Crippen LogP contribution in [0.3, 0.4) is 0 Å². The van der Waals surface area contributed by atoms with E-state index >= 15 is 0 Å². The summed E-state index contributed by atoms with van der Waals surface area (Å²) in [5.41, 5.74) is 0.753. The number of hydrogen-bond acceptors (Lipinski definition) is 5. The lowest BCUT2D eigenvalue weighted by Crippen LogP contribution is -2.20. The first-order valence-electron chi connectivity index (χ1n) is 7.09. The summed E-state index contributed by atoms with van der Waals surface area (Å²) < 4.78 is 17.7. The number of ether oxygens (including phenoxy) is 1. The van der Waals surface area contributed by atoms with E-state index in [1.807, 2.05) is 0 Å². The van der Waals surface area contributed by atoms with Crippen molar-refractivity contribution < 1.29 is 23.6 Å². The molecule has 0 bridgehead atoms. The number of anilines is 1. The van der Waals surface area contributed by atoms with Gasteiger partial charge in [-0.05, 0) is 42.0 Å². The first-order valence-corrected chi connectivity index (χ1v) is 7.09. The molecule has 2 aromatic carbocycles. The Morgan fingerprint density at radius 1 is 1.20 bits per heavy atom. The summed E-state index contributed by atoms with van der Waals surface area (Å²) in [5, 5.41) is 12.9. The minimum absolute atomic E-state index is 0.0613. The number of rotatable bonds is 6. The second-order valence-electron chi connectivity index (χ2n) is 4.85. The summed E-state index contributed by atoms with van der Waals surface area (Å²) in [4.78, 5) is 33.2. The predicted molar refractivity (Wildman–Crippen MR) is 88.1 cm³/mol. The van der Waals surface area contributed by atoms with E-state index in [9.17, 15) is 24.1 Å². The van der Waals surface area contributed by atoms with Crippen molar-refractivity contribution in [1.82, 2.24) is 0 Å². The maximum atomic E-state index is 13.0. The first-order chi connectivity index (χ1) is 11.9. The van der Waals surface area contributed by atoms with Crippen molar-refractivity contribution in [1.29, 1.82) is 0 Å². The maximum Gasteiger partial charge on any atom is 0.331 e. The van der Waals surface area contributed by atoms with E-state index in [2.05, 4.69) is 5.32 Å². The molecule has 0 aromatic heterocycles. The van der Waals surface area contributed by atoms with Gasteiger partial charge in [-0.3, -0.25) is 14.9 Å². The molecule has 0 atom stereocenters. The van der Waals surface area contributed by atoms with E-state index in [1.165, 1.54) is 48.5 Å². The van der Waals surface area contributed by atoms with Gasteiger partial charge in [-0.15, -0.1) is 0 Å². The number of carbonyl (C=O) groups is 2. The Labute approximate surface area is 141 Å². The molecular formula is C17H13FN2O5. The Morgan fingerprint density at radius 2 is 1.92 bits per heavy atom. The quantitative estimate of drug-likeness (QED) is 0.376. The third kappa shape index (κ3) is 5.87. The van der Waals surface area contributed by atoms with Gasteiger partial charge >= 0.3 is 5.97 Å². The van der Waals surface area contributed by atoms with Crippen LogP contribution in [0.5, 0.6) is 0 Å². The van der Waals surface area contributed by atoms with Gasteiger partial charge in [0.05, 0.1) is 4.92 Å². The Morgan fingerprint density at radius 3 is 2.56 bits per heavy atom. The zero-order valence-electron chi connectivity index (χ0n) is 12.8. The minimum Gasteiger partial charge on any atom is -0.452 e. The molecule has 2 rings (SSSR count). The fraction of sp³-hybridized carbons (Fsp3) is 0.0588. The van der Waals surface area contributed by atoms with Gasteiger partial charge in [0.1, 0.15) is 5.82 Å². The van der Waals surface area contributed by atoms with Crippen molar-refractivity contribution in [2.24, 2.45) is 0 Å². The molecule has 0 radical (unpaired) electrons. The van der Waals surface area contributed by atoms with E-state index < -0.39 is 29.2 Å². The van der Waals surface area contributed by atoms with Gasteiger partial charge < -0.3 is 10.1 Å². The lowest BCUT2D eigenvalue weighted by molar-refractivity contribution is -0.384. The molecule has 1 amide bonds. The van der Waals surface area contributed by atoms with Crippen molar-refractivity contribution in [2.45, 2.75) is 0 Å². The van der Waals surface area contributed by atoms with Gasteiger partial charge in [-0.2, -0.15) is 0 Å². The molecule has 0 aliphatic carbocycles. The molecule has 128 valence electrons. The minimum atomic E-state index is -0.757. The van der Waals surface area contributed by atoms with Gasteiger partial charge in [0, 0.05) is 23.9 Å². The van der Waals surface area contributed by atoms with Crippen LogP contribution in [0.4, 0.5) is 15.8 Å². The number of nitrogens with zero attached hydrogens (tertiary/aromatic N) is 1. The van der Waals surface area contributed by atoms with E-state index in [0.29, 0.717) is 5.56 Å². The van der Waals surface area contributed by atoms with Crippen molar-refractivity contribution in [3.05, 3.63) is 76.1 Å². The third-order valence-electron chi connectivity index (χ3n) is 2.97. The number of nitro groups is 1. The lowest BCUT2D eigenvalue weighted by Gasteiger charge is -2.05. The summed E-state index contributed by atoms with van der Waals surface area (Å²) in [6.07, 6.45) is 2.49. The largest absolute Gasteiger partial charge is 0.452 e. The molecule has 0 aliphatic rings. The second-order valence-corrected chi connectivity index (χ2v) is 4.85. The topological polar surface area (TPSA) is 98.5 Å². The van der Waals surface area contributed by atoms with Gasteiger partial charge in [0.2, 0.25) is 0 Å². The SMILES string of the molecule is O=C(COC(=O)C=Cc1ccc([N+](=O)[O-])cc1)Nc1cccc(F)c1. The van der Waals surface area contributed by atoms with Crippen molar-refractivity contribution in [3.63, 3.8) is 0 Å². The van der Waals surface area contributed by atoms with Crippen LogP contribution < -0.4 is 5.32 Å². The highest BCUT2D eigenvalue weighted by molar-refractivity contribution is 5.94. The number of non-ortho nitro benzene ring substituents is 1. The van der Waals surface area contributed by atoms with Crippen LogP contribution in [0.25, 0.3) is 6.08 Å². The van der Waals surface area contributed by atoms with Crippen LogP contribution in [0.1, 0.15) is 5.56 Å². The average molecular weight is 344 g/mol. The summed E-state index contributed by atoms with van der Waals surface area (Å²) >= 11 is 0. The molecule has 0 saturated heterocycles. The standard InChI is InChI=1S/C17H13FN2O5/c18-13-2-1-3-14(10-13)19-16(21)11-25-17(22)9-6-12-4-7-15(8-5-12)20(23)24/h1-10H,11H2,(H,19,21). The molecule has 0 aliphatic heterocycles. The highest BCUT2D eigenvalue weighted by Gasteiger charge is 2.07. The van der Waals surface area contributed by atoms with Crippen LogP contribution in [-0.4, -0.2) is 23.4 Å². The van der Waals surface area contributed by atoms with Crippen LogP contribution in [0.2, 0.25) is 0 Å². The van der Waals surface area contributed by atoms with E-state index in [4.69, 9.17) is 4.74 Å². The molecular weight excluding hydrogens is 331 g/mol. The third-order valence-corrected chi connectivity index (χ3v) is 2.97. The number of carbonyl (C=O) groups excluding carboxylic acids is 2. The number of nitro benzene ring substituents is 1. The molecule has 7 nitrogen and oxygen atoms in total. The van der Waals surface area contributed by atoms with Crippen LogP contribution in [0.15, 0.2) is 54.6 Å². The normalized spacial score (nSPS) is 10.4. The van der Waals surface area contributed by atoms with Gasteiger partial charge in [0.15, 0.2) is 6.61 Å². The van der Waals surface area contributed by atoms with Crippen molar-refractivity contribution >= 4 is 29.3 Å². The van der Waals surface area contributed by atoms with E-state index in [0.717, 1.165) is 12.1 Å². The van der Waals surface area contributed by atoms with Crippen LogP contribution in [-0.2, 0) is 14.3 Å². The Hall–Kier alpha value is -3.55. The number of amides is 1. The fourth-order valence-electron chi connectivity index (χ4n) is 1.82. The monoisotopic (exact) mass is 344 g/mol. The maximum absolute atomic E-state index is 13.0. The van der Waals surface area contributed by atoms with Crippen LogP contribution >= 0.6 is 0 Å². The molecule has 25 heavy (non-hydrogen) atoms. The highest BCUT2D eigenvalue weighted by Crippen LogP contribution is 2.13. The molecule has 0 heterocycles. The predicted octanol–water partition coefficient (Wildman–Crippen LogP) is 2.93. The summed E-state index contributed by atoms with van der Waals surface area (Å²) in [6, 6.07) is 10.8. The summed E-state index contributed by atoms with van der Waals surface area (Å²) in [6.45, 7) is -0.528.